The van der Waals surface area contributed by atoms with Gasteiger partial charge in [-0.15, -0.1) is 0 Å². The topological polar surface area (TPSA) is 77.5 Å². The fraction of sp³-hybridized carbons (Fsp3) is 0.579. The Morgan fingerprint density at radius 2 is 1.78 bits per heavy atom. The average Bonchev–Trinajstić information content (AvgIpc) is 3.26. The fourth-order valence-electron chi connectivity index (χ4n) is 4.09. The van der Waals surface area contributed by atoms with Gasteiger partial charge >= 0.3 is 0 Å². The number of hydrogen-bond acceptors (Lipinski definition) is 7. The van der Waals surface area contributed by atoms with Crippen LogP contribution in [0.5, 0.6) is 11.5 Å². The monoisotopic (exact) mass is 376 g/mol. The molecule has 3 aliphatic rings. The number of likely N-dealkylation sites (tertiary alicyclic amines) is 1. The number of benzene rings is 1. The number of imide groups is 1. The highest BCUT2D eigenvalue weighted by molar-refractivity contribution is 6.23. The van der Waals surface area contributed by atoms with Crippen molar-refractivity contribution in [2.24, 2.45) is 0 Å². The molecule has 3 heterocycles. The van der Waals surface area contributed by atoms with Crippen LogP contribution in [0.1, 0.15) is 19.3 Å². The summed E-state index contributed by atoms with van der Waals surface area (Å²) in [6.45, 7) is 2.55. The van der Waals surface area contributed by atoms with Gasteiger partial charge in [-0.3, -0.25) is 14.5 Å². The lowest BCUT2D eigenvalue weighted by Gasteiger charge is -2.39. The molecule has 0 aromatic heterocycles. The lowest BCUT2D eigenvalue weighted by atomic mass is 10.0. The van der Waals surface area contributed by atoms with Gasteiger partial charge in [-0.05, 0) is 12.1 Å². The summed E-state index contributed by atoms with van der Waals surface area (Å²) >= 11 is 0. The van der Waals surface area contributed by atoms with Crippen LogP contribution >= 0.6 is 0 Å². The third-order valence-corrected chi connectivity index (χ3v) is 5.56. The molecule has 1 unspecified atom stereocenters. The van der Waals surface area contributed by atoms with Gasteiger partial charge in [0.1, 0.15) is 11.5 Å². The van der Waals surface area contributed by atoms with E-state index in [0.29, 0.717) is 56.3 Å². The Bertz CT molecular complexity index is 736. The van der Waals surface area contributed by atoms with Gasteiger partial charge in [0, 0.05) is 32.0 Å². The molecule has 0 radical (unpaired) electrons. The highest BCUT2D eigenvalue weighted by Gasteiger charge is 2.47. The molecule has 1 aromatic carbocycles. The van der Waals surface area contributed by atoms with Gasteiger partial charge in [0.15, 0.2) is 5.79 Å². The smallest absolute Gasteiger partial charge is 0.251 e. The minimum absolute atomic E-state index is 0.161. The van der Waals surface area contributed by atoms with Gasteiger partial charge in [-0.1, -0.05) is 0 Å². The number of hydrogen-bond donors (Lipinski definition) is 0. The van der Waals surface area contributed by atoms with E-state index in [4.69, 9.17) is 18.9 Å². The summed E-state index contributed by atoms with van der Waals surface area (Å²) in [5, 5.41) is 0. The van der Waals surface area contributed by atoms with Gasteiger partial charge in [-0.25, -0.2) is 4.90 Å². The van der Waals surface area contributed by atoms with Crippen LogP contribution in [0.25, 0.3) is 0 Å². The van der Waals surface area contributed by atoms with E-state index < -0.39 is 11.8 Å². The van der Waals surface area contributed by atoms with Crippen molar-refractivity contribution in [2.75, 3.05) is 45.4 Å². The number of methoxy groups -OCH3 is 2. The molecule has 1 atom stereocenters. The maximum absolute atomic E-state index is 13.1. The SMILES string of the molecule is COc1ccc(OC)c(N2C(=O)CC(N3CCC4(CC3)OCCO4)C2=O)c1. The summed E-state index contributed by atoms with van der Waals surface area (Å²) in [5.41, 5.74) is 0.422. The van der Waals surface area contributed by atoms with Crippen LogP contribution in [0.15, 0.2) is 18.2 Å². The maximum atomic E-state index is 13.1. The average molecular weight is 376 g/mol. The highest BCUT2D eigenvalue weighted by Crippen LogP contribution is 2.38. The van der Waals surface area contributed by atoms with Crippen molar-refractivity contribution in [1.29, 1.82) is 0 Å². The Hall–Kier alpha value is -2.16. The third-order valence-electron chi connectivity index (χ3n) is 5.56. The molecule has 1 aromatic rings. The number of carbonyl (C=O) groups is 2. The van der Waals surface area contributed by atoms with E-state index in [1.165, 1.54) is 12.0 Å². The second-order valence-corrected chi connectivity index (χ2v) is 6.97. The molecule has 1 spiro atoms. The first-order chi connectivity index (χ1) is 13.1. The van der Waals surface area contributed by atoms with Crippen LogP contribution in [-0.2, 0) is 19.1 Å². The molecule has 146 valence electrons. The molecule has 3 fully saturated rings. The summed E-state index contributed by atoms with van der Waals surface area (Å²) in [5.74, 6) is 0.0625. The standard InChI is InChI=1S/C19H24N2O6/c1-24-13-3-4-16(25-2)14(11-13)21-17(22)12-15(18(21)23)20-7-5-19(6-8-20)26-9-10-27-19/h3-4,11,15H,5-10,12H2,1-2H3. The number of anilines is 1. The van der Waals surface area contributed by atoms with E-state index in [1.807, 2.05) is 0 Å². The molecular weight excluding hydrogens is 352 g/mol. The first-order valence-electron chi connectivity index (χ1n) is 9.18. The summed E-state index contributed by atoms with van der Waals surface area (Å²) < 4.78 is 22.1. The zero-order valence-electron chi connectivity index (χ0n) is 15.6. The van der Waals surface area contributed by atoms with Gasteiger partial charge in [0.25, 0.3) is 5.91 Å². The van der Waals surface area contributed by atoms with Crippen LogP contribution in [0.4, 0.5) is 5.69 Å². The predicted molar refractivity (Wildman–Crippen MR) is 95.9 cm³/mol. The van der Waals surface area contributed by atoms with Crippen LogP contribution in [0.3, 0.4) is 0 Å². The quantitative estimate of drug-likeness (QED) is 0.730. The molecule has 0 saturated carbocycles. The molecule has 4 rings (SSSR count). The van der Waals surface area contributed by atoms with Crippen molar-refractivity contribution < 1.29 is 28.5 Å². The third kappa shape index (κ3) is 3.18. The van der Waals surface area contributed by atoms with Crippen molar-refractivity contribution in [3.8, 4) is 11.5 Å². The van der Waals surface area contributed by atoms with Crippen molar-refractivity contribution in [2.45, 2.75) is 31.1 Å². The molecule has 3 aliphatic heterocycles. The Labute approximate surface area is 157 Å². The van der Waals surface area contributed by atoms with Gasteiger partial charge < -0.3 is 18.9 Å². The van der Waals surface area contributed by atoms with Crippen LogP contribution in [0, 0.1) is 0 Å². The van der Waals surface area contributed by atoms with E-state index in [0.717, 1.165) is 0 Å². The molecular formula is C19H24N2O6. The van der Waals surface area contributed by atoms with E-state index in [9.17, 15) is 9.59 Å². The van der Waals surface area contributed by atoms with Crippen LogP contribution in [-0.4, -0.2) is 69.1 Å². The summed E-state index contributed by atoms with van der Waals surface area (Å²) in [4.78, 5) is 29.1. The largest absolute Gasteiger partial charge is 0.497 e. The van der Waals surface area contributed by atoms with Crippen molar-refractivity contribution >= 4 is 17.5 Å². The number of rotatable bonds is 4. The number of amides is 2. The molecule has 0 bridgehead atoms. The Kier molecular flexibility index (Phi) is 4.79. The Morgan fingerprint density at radius 3 is 2.41 bits per heavy atom. The molecule has 27 heavy (non-hydrogen) atoms. The lowest BCUT2D eigenvalue weighted by Crippen LogP contribution is -2.51. The number of piperidine rings is 1. The fourth-order valence-corrected chi connectivity index (χ4v) is 4.09. The minimum atomic E-state index is -0.502. The Balaban J connectivity index is 1.53. The molecule has 3 saturated heterocycles. The number of carbonyl (C=O) groups excluding carboxylic acids is 2. The van der Waals surface area contributed by atoms with E-state index >= 15 is 0 Å². The molecule has 8 heteroatoms. The van der Waals surface area contributed by atoms with E-state index in [2.05, 4.69) is 4.90 Å². The normalized spacial score (nSPS) is 25.4. The van der Waals surface area contributed by atoms with Gasteiger partial charge in [0.2, 0.25) is 5.91 Å². The number of ether oxygens (including phenoxy) is 4. The van der Waals surface area contributed by atoms with Crippen LogP contribution < -0.4 is 14.4 Å². The highest BCUT2D eigenvalue weighted by atomic mass is 16.7. The first-order valence-corrected chi connectivity index (χ1v) is 9.18. The van der Waals surface area contributed by atoms with Gasteiger partial charge in [0.05, 0.1) is 45.6 Å². The Morgan fingerprint density at radius 1 is 1.07 bits per heavy atom. The van der Waals surface area contributed by atoms with Crippen LogP contribution in [0.2, 0.25) is 0 Å². The second kappa shape index (κ2) is 7.10. The first kappa shape index (κ1) is 18.2. The van der Waals surface area contributed by atoms with E-state index in [-0.39, 0.29) is 18.2 Å². The molecule has 2 amide bonds. The van der Waals surface area contributed by atoms with Crippen molar-refractivity contribution in [3.63, 3.8) is 0 Å². The molecule has 0 N–H and O–H groups in total. The number of nitrogens with zero attached hydrogens (tertiary/aromatic N) is 2. The van der Waals surface area contributed by atoms with Crippen molar-refractivity contribution in [1.82, 2.24) is 4.90 Å². The van der Waals surface area contributed by atoms with Gasteiger partial charge in [-0.2, -0.15) is 0 Å². The minimum Gasteiger partial charge on any atom is -0.497 e. The summed E-state index contributed by atoms with van der Waals surface area (Å²) in [7, 11) is 3.05. The zero-order chi connectivity index (χ0) is 19.0. The summed E-state index contributed by atoms with van der Waals surface area (Å²) in [6, 6.07) is 4.62. The lowest BCUT2D eigenvalue weighted by molar-refractivity contribution is -0.188. The van der Waals surface area contributed by atoms with E-state index in [1.54, 1.807) is 25.3 Å². The molecule has 0 aliphatic carbocycles. The summed E-state index contributed by atoms with van der Waals surface area (Å²) in [6.07, 6.45) is 1.56. The van der Waals surface area contributed by atoms with Crippen molar-refractivity contribution in [3.05, 3.63) is 18.2 Å². The molecule has 8 nitrogen and oxygen atoms in total. The predicted octanol–water partition coefficient (Wildman–Crippen LogP) is 1.17. The zero-order valence-corrected chi connectivity index (χ0v) is 15.6. The maximum Gasteiger partial charge on any atom is 0.251 e. The second-order valence-electron chi connectivity index (χ2n) is 6.97.